The first-order chi connectivity index (χ1) is 18.0. The first-order valence-electron chi connectivity index (χ1n) is 11.2. The maximum atomic E-state index is 14.4. The number of benzene rings is 3. The van der Waals surface area contributed by atoms with Gasteiger partial charge in [-0.1, -0.05) is 47.5 Å². The van der Waals surface area contributed by atoms with E-state index in [1.807, 2.05) is 35.8 Å². The predicted molar refractivity (Wildman–Crippen MR) is 137 cm³/mol. The third kappa shape index (κ3) is 4.06. The van der Waals surface area contributed by atoms with Gasteiger partial charge in [-0.15, -0.1) is 0 Å². The van der Waals surface area contributed by atoms with Crippen molar-refractivity contribution < 1.29 is 26.7 Å². The third-order valence-corrected chi connectivity index (χ3v) is 6.96. The van der Waals surface area contributed by atoms with Crippen molar-refractivity contribution >= 4 is 57.5 Å². The van der Waals surface area contributed by atoms with Gasteiger partial charge in [0, 0.05) is 38.8 Å². The fraction of sp³-hybridized carbons (Fsp3) is 0.111. The molecule has 2 heterocycles. The number of hydrogen-bond donors (Lipinski definition) is 0. The summed E-state index contributed by atoms with van der Waals surface area (Å²) < 4.78 is 72.0. The van der Waals surface area contributed by atoms with Gasteiger partial charge in [0.25, 0.3) is 5.91 Å². The van der Waals surface area contributed by atoms with Gasteiger partial charge in [-0.05, 0) is 43.7 Å². The second kappa shape index (κ2) is 9.56. The van der Waals surface area contributed by atoms with Crippen molar-refractivity contribution in [2.45, 2.75) is 20.4 Å². The summed E-state index contributed by atoms with van der Waals surface area (Å²) >= 11 is 12.4. The van der Waals surface area contributed by atoms with Crippen LogP contribution in [0, 0.1) is 36.0 Å². The van der Waals surface area contributed by atoms with Gasteiger partial charge in [0.1, 0.15) is 5.69 Å². The summed E-state index contributed by atoms with van der Waals surface area (Å²) in [5.74, 6) is -12.0. The Labute approximate surface area is 223 Å². The van der Waals surface area contributed by atoms with Crippen LogP contribution in [0.1, 0.15) is 23.7 Å². The molecule has 0 atom stereocenters. The Kier molecular flexibility index (Phi) is 6.53. The lowest BCUT2D eigenvalue weighted by Gasteiger charge is -2.15. The number of carbonyl (C=O) groups is 1. The van der Waals surface area contributed by atoms with E-state index in [4.69, 9.17) is 23.2 Å². The standard InChI is InChI=1S/C27H16Cl2F5N3O/c1-12-17(27(38)37(35-12)26-24(33)22(31)21(30)23(32)25(26)34)10-18-13(2)36(20-6-4-3-5-16(18)20)11-14-7-8-15(28)9-19(14)29/h3-10H,11H2,1-2H3/b17-10-. The van der Waals surface area contributed by atoms with Gasteiger partial charge in [0.15, 0.2) is 23.3 Å². The van der Waals surface area contributed by atoms with Crippen LogP contribution in [0.3, 0.4) is 0 Å². The van der Waals surface area contributed by atoms with Gasteiger partial charge in [0.2, 0.25) is 5.82 Å². The Bertz CT molecular complexity index is 1700. The molecule has 1 aromatic heterocycles. The molecule has 3 aromatic carbocycles. The number of hydrazone groups is 1. The van der Waals surface area contributed by atoms with E-state index < -0.39 is 40.7 Å². The van der Waals surface area contributed by atoms with Crippen LogP contribution in [0.2, 0.25) is 10.0 Å². The van der Waals surface area contributed by atoms with Crippen LogP contribution < -0.4 is 5.01 Å². The van der Waals surface area contributed by atoms with E-state index >= 15 is 0 Å². The Morgan fingerprint density at radius 2 is 1.53 bits per heavy atom. The highest BCUT2D eigenvalue weighted by molar-refractivity contribution is 6.35. The molecular weight excluding hydrogens is 548 g/mol. The Morgan fingerprint density at radius 1 is 0.895 bits per heavy atom. The molecule has 4 nitrogen and oxygen atoms in total. The van der Waals surface area contributed by atoms with Crippen LogP contribution in [0.4, 0.5) is 27.6 Å². The number of fused-ring (bicyclic) bond motifs is 1. The average molecular weight is 564 g/mol. The second-order valence-corrected chi connectivity index (χ2v) is 9.46. The first kappa shape index (κ1) is 25.9. The van der Waals surface area contributed by atoms with Crippen LogP contribution in [-0.4, -0.2) is 16.2 Å². The molecule has 194 valence electrons. The zero-order valence-corrected chi connectivity index (χ0v) is 21.2. The molecule has 0 N–H and O–H groups in total. The lowest BCUT2D eigenvalue weighted by atomic mass is 10.0. The average Bonchev–Trinajstić information content (AvgIpc) is 3.31. The van der Waals surface area contributed by atoms with E-state index in [1.54, 1.807) is 18.2 Å². The van der Waals surface area contributed by atoms with Gasteiger partial charge < -0.3 is 4.57 Å². The fourth-order valence-electron chi connectivity index (χ4n) is 4.42. The molecule has 0 bridgehead atoms. The van der Waals surface area contributed by atoms with Crippen molar-refractivity contribution in [1.82, 2.24) is 4.57 Å². The lowest BCUT2D eigenvalue weighted by Crippen LogP contribution is -2.25. The van der Waals surface area contributed by atoms with E-state index in [2.05, 4.69) is 5.10 Å². The highest BCUT2D eigenvalue weighted by Crippen LogP contribution is 2.36. The molecule has 1 aliphatic heterocycles. The minimum absolute atomic E-state index is 0.0379. The van der Waals surface area contributed by atoms with Crippen molar-refractivity contribution in [2.24, 2.45) is 5.10 Å². The van der Waals surface area contributed by atoms with Crippen molar-refractivity contribution in [1.29, 1.82) is 0 Å². The van der Waals surface area contributed by atoms with Crippen molar-refractivity contribution in [3.8, 4) is 0 Å². The van der Waals surface area contributed by atoms with Crippen molar-refractivity contribution in [3.63, 3.8) is 0 Å². The molecule has 0 unspecified atom stereocenters. The SMILES string of the molecule is CC1=NN(c2c(F)c(F)c(F)c(F)c2F)C(=O)/C1=C\c1c(C)n(Cc2ccc(Cl)cc2Cl)c2ccccc12. The normalized spacial score (nSPS) is 14.8. The number of carbonyl (C=O) groups excluding carboxylic acids is 1. The molecule has 0 radical (unpaired) electrons. The van der Waals surface area contributed by atoms with Crippen LogP contribution >= 0.6 is 23.2 Å². The highest BCUT2D eigenvalue weighted by Gasteiger charge is 2.37. The molecule has 38 heavy (non-hydrogen) atoms. The zero-order valence-electron chi connectivity index (χ0n) is 19.7. The molecule has 5 rings (SSSR count). The van der Waals surface area contributed by atoms with E-state index in [9.17, 15) is 26.7 Å². The van der Waals surface area contributed by atoms with E-state index in [-0.39, 0.29) is 16.3 Å². The number of para-hydroxylation sites is 1. The quantitative estimate of drug-likeness (QED) is 0.108. The highest BCUT2D eigenvalue weighted by atomic mass is 35.5. The molecule has 0 spiro atoms. The fourth-order valence-corrected chi connectivity index (χ4v) is 4.89. The molecule has 1 amide bonds. The lowest BCUT2D eigenvalue weighted by molar-refractivity contribution is -0.114. The van der Waals surface area contributed by atoms with Crippen LogP contribution in [0.5, 0.6) is 0 Å². The maximum absolute atomic E-state index is 14.4. The van der Waals surface area contributed by atoms with Crippen LogP contribution in [0.25, 0.3) is 17.0 Å². The largest absolute Gasteiger partial charge is 0.340 e. The first-order valence-corrected chi connectivity index (χ1v) is 11.9. The number of amides is 1. The summed E-state index contributed by atoms with van der Waals surface area (Å²) in [6, 6.07) is 12.5. The summed E-state index contributed by atoms with van der Waals surface area (Å²) in [6.07, 6.45) is 1.49. The second-order valence-electron chi connectivity index (χ2n) is 8.62. The van der Waals surface area contributed by atoms with Crippen LogP contribution in [-0.2, 0) is 11.3 Å². The number of rotatable bonds is 4. The molecule has 1 aliphatic rings. The summed E-state index contributed by atoms with van der Waals surface area (Å²) in [5, 5.41) is 5.74. The van der Waals surface area contributed by atoms with E-state index in [0.29, 0.717) is 22.2 Å². The Hall–Kier alpha value is -3.69. The van der Waals surface area contributed by atoms with Gasteiger partial charge >= 0.3 is 0 Å². The number of aromatic nitrogens is 1. The minimum Gasteiger partial charge on any atom is -0.340 e. The molecular formula is C27H16Cl2F5N3O. The molecule has 11 heteroatoms. The van der Waals surface area contributed by atoms with Gasteiger partial charge in [-0.25, -0.2) is 22.0 Å². The Morgan fingerprint density at radius 3 is 2.18 bits per heavy atom. The zero-order chi connectivity index (χ0) is 27.5. The number of hydrogen-bond acceptors (Lipinski definition) is 2. The summed E-state index contributed by atoms with van der Waals surface area (Å²) in [6.45, 7) is 3.60. The number of anilines is 1. The third-order valence-electron chi connectivity index (χ3n) is 6.37. The molecule has 0 saturated carbocycles. The smallest absolute Gasteiger partial charge is 0.280 e. The predicted octanol–water partition coefficient (Wildman–Crippen LogP) is 7.81. The van der Waals surface area contributed by atoms with Crippen molar-refractivity contribution in [3.05, 3.63) is 104 Å². The Balaban J connectivity index is 1.62. The van der Waals surface area contributed by atoms with E-state index in [0.717, 1.165) is 22.2 Å². The number of halogens is 7. The summed E-state index contributed by atoms with van der Waals surface area (Å²) in [4.78, 5) is 13.2. The summed E-state index contributed by atoms with van der Waals surface area (Å²) in [5.41, 5.74) is 1.50. The van der Waals surface area contributed by atoms with Crippen molar-refractivity contribution in [2.75, 3.05) is 5.01 Å². The number of nitrogens with zero attached hydrogens (tertiary/aromatic N) is 3. The monoisotopic (exact) mass is 563 g/mol. The van der Waals surface area contributed by atoms with Gasteiger partial charge in [-0.2, -0.15) is 10.1 Å². The van der Waals surface area contributed by atoms with Gasteiger partial charge in [-0.3, -0.25) is 4.79 Å². The molecule has 4 aromatic rings. The molecule has 0 aliphatic carbocycles. The minimum atomic E-state index is -2.32. The topological polar surface area (TPSA) is 37.6 Å². The van der Waals surface area contributed by atoms with Gasteiger partial charge in [0.05, 0.1) is 11.3 Å². The summed E-state index contributed by atoms with van der Waals surface area (Å²) in [7, 11) is 0. The molecule has 0 fully saturated rings. The molecule has 0 saturated heterocycles. The van der Waals surface area contributed by atoms with E-state index in [1.165, 1.54) is 13.0 Å². The maximum Gasteiger partial charge on any atom is 0.280 e. The van der Waals surface area contributed by atoms with Crippen LogP contribution in [0.15, 0.2) is 53.1 Å².